The van der Waals surface area contributed by atoms with Crippen LogP contribution in [0.25, 0.3) is 0 Å². The molecule has 8 heteroatoms. The van der Waals surface area contributed by atoms with E-state index in [2.05, 4.69) is 25.0 Å². The number of methoxy groups -OCH3 is 1. The molecule has 1 N–H and O–H groups in total. The minimum absolute atomic E-state index is 0.352. The molecule has 0 unspecified atom stereocenters. The molecule has 0 saturated carbocycles. The van der Waals surface area contributed by atoms with E-state index in [-0.39, 0.29) is 0 Å². The van der Waals surface area contributed by atoms with Crippen molar-refractivity contribution >= 4 is 23.3 Å². The fourth-order valence-corrected chi connectivity index (χ4v) is 2.45. The van der Waals surface area contributed by atoms with E-state index in [1.807, 2.05) is 6.92 Å². The second-order valence-electron chi connectivity index (χ2n) is 3.91. The summed E-state index contributed by atoms with van der Waals surface area (Å²) in [5.41, 5.74) is 0.352. The number of aromatic nitrogens is 3. The molecule has 0 spiro atoms. The van der Waals surface area contributed by atoms with Crippen LogP contribution in [0.4, 0.5) is 10.3 Å². The Morgan fingerprint density at radius 2 is 2.15 bits per heavy atom. The van der Waals surface area contributed by atoms with Crippen molar-refractivity contribution in [3.05, 3.63) is 33.8 Å². The van der Waals surface area contributed by atoms with Crippen LogP contribution in [0, 0.1) is 12.7 Å². The zero-order chi connectivity index (χ0) is 14.5. The van der Waals surface area contributed by atoms with Gasteiger partial charge in [0.05, 0.1) is 24.5 Å². The van der Waals surface area contributed by atoms with Gasteiger partial charge in [-0.05, 0) is 6.92 Å². The van der Waals surface area contributed by atoms with Gasteiger partial charge >= 0.3 is 5.97 Å². The third-order valence-electron chi connectivity index (χ3n) is 2.46. The molecule has 2 aromatic heterocycles. The molecule has 0 saturated heterocycles. The number of carbonyl (C=O) groups excluding carboxylic acids is 1. The van der Waals surface area contributed by atoms with E-state index in [0.29, 0.717) is 24.6 Å². The number of carbonyl (C=O) groups is 1. The first-order valence-corrected chi connectivity index (χ1v) is 6.68. The number of aryl methyl sites for hydroxylation is 1. The standard InChI is InChI=1S/C12H13FN4O2S/c1-7-10(11(18)19-2)17-9(20-7)3-4-14-12-15-5-8(13)6-16-12/h5-6H,3-4H2,1-2H3,(H,14,15,16). The number of thiazole rings is 1. The van der Waals surface area contributed by atoms with Gasteiger partial charge in [0.2, 0.25) is 5.95 Å². The largest absolute Gasteiger partial charge is 0.464 e. The predicted molar refractivity (Wildman–Crippen MR) is 72.4 cm³/mol. The van der Waals surface area contributed by atoms with Crippen LogP contribution in [0.1, 0.15) is 20.4 Å². The molecule has 0 atom stereocenters. The maximum Gasteiger partial charge on any atom is 0.357 e. The first-order chi connectivity index (χ1) is 9.60. The summed E-state index contributed by atoms with van der Waals surface area (Å²) in [4.78, 5) is 24.0. The molecule has 2 heterocycles. The average Bonchev–Trinajstić information content (AvgIpc) is 2.81. The number of rotatable bonds is 5. The van der Waals surface area contributed by atoms with Crippen LogP contribution in [-0.2, 0) is 11.2 Å². The molecule has 2 rings (SSSR count). The Labute approximate surface area is 119 Å². The van der Waals surface area contributed by atoms with Gasteiger partial charge in [0.1, 0.15) is 0 Å². The number of anilines is 1. The van der Waals surface area contributed by atoms with Crippen molar-refractivity contribution in [3.8, 4) is 0 Å². The van der Waals surface area contributed by atoms with Crippen molar-refractivity contribution < 1.29 is 13.9 Å². The Morgan fingerprint density at radius 3 is 2.80 bits per heavy atom. The Morgan fingerprint density at radius 1 is 1.45 bits per heavy atom. The normalized spacial score (nSPS) is 10.3. The quantitative estimate of drug-likeness (QED) is 0.848. The first kappa shape index (κ1) is 14.3. The van der Waals surface area contributed by atoms with Crippen molar-refractivity contribution in [1.82, 2.24) is 15.0 Å². The van der Waals surface area contributed by atoms with E-state index in [4.69, 9.17) is 0 Å². The number of hydrogen-bond acceptors (Lipinski definition) is 7. The van der Waals surface area contributed by atoms with Crippen LogP contribution in [0.2, 0.25) is 0 Å². The highest BCUT2D eigenvalue weighted by molar-refractivity contribution is 7.11. The maximum atomic E-state index is 12.6. The summed E-state index contributed by atoms with van der Waals surface area (Å²) < 4.78 is 17.3. The highest BCUT2D eigenvalue weighted by atomic mass is 32.1. The number of halogens is 1. The lowest BCUT2D eigenvalue weighted by Gasteiger charge is -2.01. The Kier molecular flexibility index (Phi) is 4.57. The number of esters is 1. The van der Waals surface area contributed by atoms with Gasteiger partial charge in [0.25, 0.3) is 0 Å². The monoisotopic (exact) mass is 296 g/mol. The molecule has 20 heavy (non-hydrogen) atoms. The van der Waals surface area contributed by atoms with Crippen LogP contribution >= 0.6 is 11.3 Å². The van der Waals surface area contributed by atoms with Crippen LogP contribution in [-0.4, -0.2) is 34.6 Å². The van der Waals surface area contributed by atoms with E-state index in [0.717, 1.165) is 22.3 Å². The van der Waals surface area contributed by atoms with Gasteiger partial charge in [-0.15, -0.1) is 11.3 Å². The molecule has 0 amide bonds. The van der Waals surface area contributed by atoms with Crippen LogP contribution < -0.4 is 5.32 Å². The first-order valence-electron chi connectivity index (χ1n) is 5.86. The van der Waals surface area contributed by atoms with Crippen molar-refractivity contribution in [2.75, 3.05) is 19.0 Å². The van der Waals surface area contributed by atoms with Gasteiger partial charge in [-0.1, -0.05) is 0 Å². The SMILES string of the molecule is COC(=O)c1nc(CCNc2ncc(F)cn2)sc1C. The summed E-state index contributed by atoms with van der Waals surface area (Å²) >= 11 is 1.44. The van der Waals surface area contributed by atoms with Gasteiger partial charge in [-0.3, -0.25) is 0 Å². The fourth-order valence-electron chi connectivity index (χ4n) is 1.53. The molecule has 0 bridgehead atoms. The molecule has 0 radical (unpaired) electrons. The Hall–Kier alpha value is -2.09. The molecule has 0 aliphatic rings. The van der Waals surface area contributed by atoms with Gasteiger partial charge < -0.3 is 10.1 Å². The molecular formula is C12H13FN4O2S. The second kappa shape index (κ2) is 6.38. The topological polar surface area (TPSA) is 77.0 Å². The van der Waals surface area contributed by atoms with E-state index in [9.17, 15) is 9.18 Å². The Bertz CT molecular complexity index is 600. The van der Waals surface area contributed by atoms with Crippen LogP contribution in [0.5, 0.6) is 0 Å². The zero-order valence-electron chi connectivity index (χ0n) is 11.0. The zero-order valence-corrected chi connectivity index (χ0v) is 11.8. The van der Waals surface area contributed by atoms with Crippen LogP contribution in [0.15, 0.2) is 12.4 Å². The van der Waals surface area contributed by atoms with E-state index >= 15 is 0 Å². The van der Waals surface area contributed by atoms with E-state index in [1.54, 1.807) is 0 Å². The Balaban J connectivity index is 1.91. The predicted octanol–water partition coefficient (Wildman–Crippen LogP) is 1.82. The molecule has 0 aliphatic carbocycles. The van der Waals surface area contributed by atoms with Crippen molar-refractivity contribution in [1.29, 1.82) is 0 Å². The lowest BCUT2D eigenvalue weighted by Crippen LogP contribution is -2.08. The summed E-state index contributed by atoms with van der Waals surface area (Å²) in [7, 11) is 1.33. The van der Waals surface area contributed by atoms with Crippen LogP contribution in [0.3, 0.4) is 0 Å². The maximum absolute atomic E-state index is 12.6. The van der Waals surface area contributed by atoms with Crippen molar-refractivity contribution in [2.24, 2.45) is 0 Å². The fraction of sp³-hybridized carbons (Fsp3) is 0.333. The number of nitrogens with zero attached hydrogens (tertiary/aromatic N) is 3. The summed E-state index contributed by atoms with van der Waals surface area (Å²) in [6, 6.07) is 0. The van der Waals surface area contributed by atoms with Gasteiger partial charge in [-0.2, -0.15) is 0 Å². The minimum atomic E-state index is -0.478. The van der Waals surface area contributed by atoms with Gasteiger partial charge in [-0.25, -0.2) is 24.1 Å². The summed E-state index contributed by atoms with van der Waals surface area (Å²) in [6.45, 7) is 2.36. The average molecular weight is 296 g/mol. The summed E-state index contributed by atoms with van der Waals surface area (Å²) in [6.07, 6.45) is 2.81. The third kappa shape index (κ3) is 3.47. The van der Waals surface area contributed by atoms with Crippen molar-refractivity contribution in [3.63, 3.8) is 0 Å². The van der Waals surface area contributed by atoms with Crippen molar-refractivity contribution in [2.45, 2.75) is 13.3 Å². The number of ether oxygens (including phenoxy) is 1. The number of hydrogen-bond donors (Lipinski definition) is 1. The molecule has 6 nitrogen and oxygen atoms in total. The molecule has 106 valence electrons. The van der Waals surface area contributed by atoms with E-state index in [1.165, 1.54) is 18.4 Å². The smallest absolute Gasteiger partial charge is 0.357 e. The second-order valence-corrected chi connectivity index (χ2v) is 5.19. The molecule has 2 aromatic rings. The lowest BCUT2D eigenvalue weighted by atomic mass is 10.4. The van der Waals surface area contributed by atoms with Gasteiger partial charge in [0, 0.05) is 17.8 Å². The highest BCUT2D eigenvalue weighted by Crippen LogP contribution is 2.18. The molecule has 0 aliphatic heterocycles. The highest BCUT2D eigenvalue weighted by Gasteiger charge is 2.15. The van der Waals surface area contributed by atoms with Gasteiger partial charge in [0.15, 0.2) is 11.5 Å². The minimum Gasteiger partial charge on any atom is -0.464 e. The molecular weight excluding hydrogens is 283 g/mol. The molecule has 0 fully saturated rings. The summed E-state index contributed by atoms with van der Waals surface area (Å²) in [5.74, 6) is -0.554. The number of nitrogens with one attached hydrogen (secondary N) is 1. The molecule has 0 aromatic carbocycles. The third-order valence-corrected chi connectivity index (χ3v) is 3.49. The van der Waals surface area contributed by atoms with E-state index < -0.39 is 11.8 Å². The summed E-state index contributed by atoms with van der Waals surface area (Å²) in [5, 5.41) is 3.77. The lowest BCUT2D eigenvalue weighted by molar-refractivity contribution is 0.0594.